The van der Waals surface area contributed by atoms with Crippen LogP contribution in [0.2, 0.25) is 5.02 Å². The minimum Gasteiger partial charge on any atom is -0.465 e. The van der Waals surface area contributed by atoms with E-state index in [1.165, 1.54) is 18.2 Å². The number of hydrogen-bond acceptors (Lipinski definition) is 6. The third-order valence-corrected chi connectivity index (χ3v) is 4.61. The lowest BCUT2D eigenvalue weighted by Gasteiger charge is -2.12. The Morgan fingerprint density at radius 3 is 2.38 bits per heavy atom. The van der Waals surface area contributed by atoms with Gasteiger partial charge in [-0.15, -0.1) is 0 Å². The highest BCUT2D eigenvalue weighted by Crippen LogP contribution is 2.25. The molecule has 2 aromatic rings. The maximum atomic E-state index is 12.4. The van der Waals surface area contributed by atoms with Crippen LogP contribution in [-0.2, 0) is 14.8 Å². The Bertz CT molecular complexity index is 896. The summed E-state index contributed by atoms with van der Waals surface area (Å²) in [5, 5.41) is 10.8. The van der Waals surface area contributed by atoms with Crippen molar-refractivity contribution in [2.75, 3.05) is 11.8 Å². The van der Waals surface area contributed by atoms with Gasteiger partial charge in [0, 0.05) is 17.2 Å². The van der Waals surface area contributed by atoms with Crippen molar-refractivity contribution in [1.29, 1.82) is 0 Å². The molecule has 0 aromatic heterocycles. The first-order chi connectivity index (χ1) is 11.2. The van der Waals surface area contributed by atoms with E-state index in [1.807, 2.05) is 0 Å². The lowest BCUT2D eigenvalue weighted by Crippen LogP contribution is -2.16. The number of halogens is 1. The second kappa shape index (κ2) is 6.85. The summed E-state index contributed by atoms with van der Waals surface area (Å²) in [6.45, 7) is 0. The fourth-order valence-corrected chi connectivity index (χ4v) is 3.08. The van der Waals surface area contributed by atoms with Gasteiger partial charge in [0.1, 0.15) is 0 Å². The molecule has 0 radical (unpaired) electrons. The van der Waals surface area contributed by atoms with E-state index in [0.717, 1.165) is 31.4 Å². The molecule has 0 bridgehead atoms. The molecule has 0 amide bonds. The molecule has 0 heterocycles. The number of ether oxygens (including phenoxy) is 1. The molecule has 0 aliphatic carbocycles. The van der Waals surface area contributed by atoms with Crippen LogP contribution in [-0.4, -0.2) is 26.4 Å². The number of esters is 1. The van der Waals surface area contributed by atoms with Gasteiger partial charge in [0.25, 0.3) is 15.7 Å². The number of nitrogens with zero attached hydrogens (tertiary/aromatic N) is 1. The summed E-state index contributed by atoms with van der Waals surface area (Å²) in [6, 6.07) is 8.29. The molecule has 8 nitrogen and oxygen atoms in total. The first-order valence-electron chi connectivity index (χ1n) is 6.40. The Labute approximate surface area is 142 Å². The van der Waals surface area contributed by atoms with Gasteiger partial charge in [0.05, 0.1) is 28.2 Å². The molecule has 0 saturated carbocycles. The van der Waals surface area contributed by atoms with E-state index in [2.05, 4.69) is 9.46 Å². The van der Waals surface area contributed by atoms with Crippen molar-refractivity contribution in [2.24, 2.45) is 0 Å². The van der Waals surface area contributed by atoms with Gasteiger partial charge in [-0.1, -0.05) is 11.6 Å². The largest absolute Gasteiger partial charge is 0.465 e. The summed E-state index contributed by atoms with van der Waals surface area (Å²) < 4.78 is 31.6. The van der Waals surface area contributed by atoms with Gasteiger partial charge in [0.15, 0.2) is 0 Å². The maximum Gasteiger partial charge on any atom is 0.339 e. The molecular weight excluding hydrogens is 360 g/mol. The number of hydrogen-bond donors (Lipinski definition) is 1. The first-order valence-corrected chi connectivity index (χ1v) is 8.26. The molecule has 0 aliphatic heterocycles. The number of anilines is 1. The summed E-state index contributed by atoms with van der Waals surface area (Å²) in [6.07, 6.45) is 0. The molecule has 2 aromatic carbocycles. The van der Waals surface area contributed by atoms with Crippen LogP contribution in [0.4, 0.5) is 11.4 Å². The van der Waals surface area contributed by atoms with Crippen LogP contribution in [0.5, 0.6) is 0 Å². The first kappa shape index (κ1) is 17.7. The highest BCUT2D eigenvalue weighted by Gasteiger charge is 2.20. The topological polar surface area (TPSA) is 116 Å². The van der Waals surface area contributed by atoms with Crippen molar-refractivity contribution < 1.29 is 22.9 Å². The molecule has 0 aliphatic rings. The van der Waals surface area contributed by atoms with Crippen molar-refractivity contribution in [3.8, 4) is 0 Å². The number of benzene rings is 2. The summed E-state index contributed by atoms with van der Waals surface area (Å²) in [5.74, 6) is -0.743. The van der Waals surface area contributed by atoms with Crippen molar-refractivity contribution in [1.82, 2.24) is 0 Å². The molecule has 10 heteroatoms. The number of carbonyl (C=O) groups is 1. The van der Waals surface area contributed by atoms with Gasteiger partial charge < -0.3 is 4.74 Å². The second-order valence-electron chi connectivity index (χ2n) is 4.54. The lowest BCUT2D eigenvalue weighted by molar-refractivity contribution is -0.384. The Morgan fingerprint density at radius 2 is 1.83 bits per heavy atom. The Hall–Kier alpha value is -2.65. The zero-order valence-electron chi connectivity index (χ0n) is 12.2. The number of carbonyl (C=O) groups excluding carboxylic acids is 1. The fourth-order valence-electron chi connectivity index (χ4n) is 1.84. The van der Waals surface area contributed by atoms with Crippen LogP contribution in [0.3, 0.4) is 0 Å². The highest BCUT2D eigenvalue weighted by atomic mass is 35.5. The zero-order valence-corrected chi connectivity index (χ0v) is 13.8. The Morgan fingerprint density at radius 1 is 1.21 bits per heavy atom. The standard InChI is InChI=1S/C14H11ClN2O6S/c1-23-14(18)12-7-2-9(15)8-13(12)16-24(21,22)11-5-3-10(4-6-11)17(19)20/h2-8,16H,1H3. The lowest BCUT2D eigenvalue weighted by atomic mass is 10.2. The van der Waals surface area contributed by atoms with Gasteiger partial charge >= 0.3 is 5.97 Å². The highest BCUT2D eigenvalue weighted by molar-refractivity contribution is 7.92. The summed E-state index contributed by atoms with van der Waals surface area (Å²) in [4.78, 5) is 21.5. The van der Waals surface area contributed by atoms with Gasteiger partial charge in [-0.05, 0) is 30.3 Å². The maximum absolute atomic E-state index is 12.4. The number of non-ortho nitro benzene ring substituents is 1. The van der Waals surface area contributed by atoms with Crippen molar-refractivity contribution >= 4 is 39.0 Å². The van der Waals surface area contributed by atoms with E-state index in [4.69, 9.17) is 11.6 Å². The number of rotatable bonds is 5. The smallest absolute Gasteiger partial charge is 0.339 e. The SMILES string of the molecule is COC(=O)c1ccc(Cl)cc1NS(=O)(=O)c1ccc([N+](=O)[O-])cc1. The van der Waals surface area contributed by atoms with Crippen LogP contribution < -0.4 is 4.72 Å². The molecule has 0 spiro atoms. The Kier molecular flexibility index (Phi) is 5.05. The van der Waals surface area contributed by atoms with E-state index in [9.17, 15) is 23.3 Å². The number of nitro groups is 1. The second-order valence-corrected chi connectivity index (χ2v) is 6.66. The molecule has 1 N–H and O–H groups in total. The number of sulfonamides is 1. The normalized spacial score (nSPS) is 10.9. The number of nitro benzene ring substituents is 1. The fraction of sp³-hybridized carbons (Fsp3) is 0.0714. The molecule has 2 rings (SSSR count). The van der Waals surface area contributed by atoms with Crippen molar-refractivity contribution in [3.05, 3.63) is 63.2 Å². The van der Waals surface area contributed by atoms with Crippen LogP contribution >= 0.6 is 11.6 Å². The van der Waals surface area contributed by atoms with Crippen LogP contribution in [0.15, 0.2) is 47.4 Å². The van der Waals surface area contributed by atoms with E-state index in [0.29, 0.717) is 0 Å². The van der Waals surface area contributed by atoms with Gasteiger partial charge in [-0.25, -0.2) is 13.2 Å². The number of nitrogens with one attached hydrogen (secondary N) is 1. The molecule has 0 atom stereocenters. The average Bonchev–Trinajstić information content (AvgIpc) is 2.54. The van der Waals surface area contributed by atoms with E-state index in [-0.39, 0.29) is 26.9 Å². The van der Waals surface area contributed by atoms with Crippen LogP contribution in [0.1, 0.15) is 10.4 Å². The van der Waals surface area contributed by atoms with E-state index >= 15 is 0 Å². The molecular formula is C14H11ClN2O6S. The minimum atomic E-state index is -4.08. The molecule has 126 valence electrons. The third kappa shape index (κ3) is 3.81. The third-order valence-electron chi connectivity index (χ3n) is 2.99. The predicted octanol–water partition coefficient (Wildman–Crippen LogP) is 2.84. The van der Waals surface area contributed by atoms with Gasteiger partial charge in [0.2, 0.25) is 0 Å². The van der Waals surface area contributed by atoms with E-state index in [1.54, 1.807) is 0 Å². The summed E-state index contributed by atoms with van der Waals surface area (Å²) in [7, 11) is -2.92. The van der Waals surface area contributed by atoms with Crippen LogP contribution in [0, 0.1) is 10.1 Å². The summed E-state index contributed by atoms with van der Waals surface area (Å²) >= 11 is 5.83. The zero-order chi connectivity index (χ0) is 17.9. The molecule has 24 heavy (non-hydrogen) atoms. The number of methoxy groups -OCH3 is 1. The Balaban J connectivity index is 2.40. The molecule has 0 unspecified atom stereocenters. The summed E-state index contributed by atoms with van der Waals surface area (Å²) in [5.41, 5.74) is -0.327. The van der Waals surface area contributed by atoms with Gasteiger partial charge in [-0.2, -0.15) is 0 Å². The van der Waals surface area contributed by atoms with E-state index < -0.39 is 20.9 Å². The average molecular weight is 371 g/mol. The monoisotopic (exact) mass is 370 g/mol. The van der Waals surface area contributed by atoms with Gasteiger partial charge in [-0.3, -0.25) is 14.8 Å². The molecule has 0 saturated heterocycles. The van der Waals surface area contributed by atoms with Crippen molar-refractivity contribution in [2.45, 2.75) is 4.90 Å². The predicted molar refractivity (Wildman–Crippen MR) is 86.7 cm³/mol. The minimum absolute atomic E-state index is 0.0209. The van der Waals surface area contributed by atoms with Crippen LogP contribution in [0.25, 0.3) is 0 Å². The quantitative estimate of drug-likeness (QED) is 0.491. The van der Waals surface area contributed by atoms with Crippen molar-refractivity contribution in [3.63, 3.8) is 0 Å². The molecule has 0 fully saturated rings.